The van der Waals surface area contributed by atoms with Crippen molar-refractivity contribution in [3.63, 3.8) is 0 Å². The summed E-state index contributed by atoms with van der Waals surface area (Å²) in [7, 11) is 0. The van der Waals surface area contributed by atoms with Gasteiger partial charge in [0.2, 0.25) is 0 Å². The first-order chi connectivity index (χ1) is 15.6. The molecule has 33 heavy (non-hydrogen) atoms. The summed E-state index contributed by atoms with van der Waals surface area (Å²) in [6.45, 7) is 0.556. The highest BCUT2D eigenvalue weighted by Crippen LogP contribution is 2.27. The number of aromatic nitrogens is 4. The summed E-state index contributed by atoms with van der Waals surface area (Å²) in [5.74, 6) is -0.118. The van der Waals surface area contributed by atoms with Crippen molar-refractivity contribution >= 4 is 16.9 Å². The van der Waals surface area contributed by atoms with Crippen LogP contribution in [0.15, 0.2) is 59.5 Å². The van der Waals surface area contributed by atoms with Crippen LogP contribution in [0.25, 0.3) is 27.8 Å². The van der Waals surface area contributed by atoms with Gasteiger partial charge in [0.05, 0.1) is 11.3 Å². The molecule has 0 aliphatic heterocycles. The molecule has 1 N–H and O–H groups in total. The molecule has 0 unspecified atom stereocenters. The van der Waals surface area contributed by atoms with E-state index in [-0.39, 0.29) is 28.0 Å². The number of pyridine rings is 2. The Hall–Kier alpha value is -3.89. The molecule has 0 bridgehead atoms. The topological polar surface area (TPSA) is 72.7 Å². The first kappa shape index (κ1) is 22.3. The van der Waals surface area contributed by atoms with Crippen molar-refractivity contribution in [3.05, 3.63) is 76.3 Å². The lowest BCUT2D eigenvalue weighted by Gasteiger charge is -2.13. The first-order valence-corrected chi connectivity index (χ1v) is 9.68. The molecule has 3 aromatic heterocycles. The van der Waals surface area contributed by atoms with Crippen molar-refractivity contribution in [2.75, 3.05) is 11.9 Å². The average molecular weight is 461 g/mol. The third-order valence-corrected chi connectivity index (χ3v) is 4.77. The number of nitrogens with one attached hydrogen (secondary N) is 1. The second kappa shape index (κ2) is 8.57. The lowest BCUT2D eigenvalue weighted by Crippen LogP contribution is -2.24. The number of hydrogen-bond donors (Lipinski definition) is 1. The normalized spacial score (nSPS) is 11.8. The van der Waals surface area contributed by atoms with Crippen LogP contribution in [0.1, 0.15) is 17.7 Å². The largest absolute Gasteiger partial charge is 0.405 e. The van der Waals surface area contributed by atoms with E-state index in [2.05, 4.69) is 20.4 Å². The Morgan fingerprint density at radius 1 is 1.03 bits per heavy atom. The van der Waals surface area contributed by atoms with E-state index >= 15 is 0 Å². The standard InChI is InChI=1S/C22H16F5N5O/c1-12-2-5-14(6-3-12)32-21(33)18(13-4-7-16(20(23)24)28-10-13)19-15(31-32)8-9-17(30-19)29-11-22(25,26)27/h2-10,20H,11H2,1H3,(H,29,30). The summed E-state index contributed by atoms with van der Waals surface area (Å²) in [5.41, 5.74) is 0.701. The zero-order valence-electron chi connectivity index (χ0n) is 17.1. The number of rotatable bonds is 5. The van der Waals surface area contributed by atoms with E-state index in [1.165, 1.54) is 18.2 Å². The molecule has 170 valence electrons. The summed E-state index contributed by atoms with van der Waals surface area (Å²) < 4.78 is 64.8. The number of aryl methyl sites for hydroxylation is 1. The number of benzene rings is 1. The molecule has 4 rings (SSSR count). The van der Waals surface area contributed by atoms with Crippen molar-refractivity contribution < 1.29 is 22.0 Å². The molecule has 0 saturated carbocycles. The lowest BCUT2D eigenvalue weighted by atomic mass is 10.1. The fourth-order valence-corrected chi connectivity index (χ4v) is 3.17. The molecule has 0 fully saturated rings. The summed E-state index contributed by atoms with van der Waals surface area (Å²) in [4.78, 5) is 21.3. The van der Waals surface area contributed by atoms with Crippen LogP contribution in [0.2, 0.25) is 0 Å². The molecule has 11 heteroatoms. The molecular formula is C22H16F5N5O. The monoisotopic (exact) mass is 461 g/mol. The number of hydrogen-bond acceptors (Lipinski definition) is 5. The first-order valence-electron chi connectivity index (χ1n) is 9.68. The SMILES string of the molecule is Cc1ccc(-n2nc3ccc(NCC(F)(F)F)nc3c(-c3ccc(C(F)F)nc3)c2=O)cc1. The maximum absolute atomic E-state index is 13.4. The Morgan fingerprint density at radius 3 is 2.36 bits per heavy atom. The highest BCUT2D eigenvalue weighted by Gasteiger charge is 2.27. The molecule has 0 aliphatic rings. The van der Waals surface area contributed by atoms with Crippen LogP contribution >= 0.6 is 0 Å². The van der Waals surface area contributed by atoms with Crippen LogP contribution in [0.3, 0.4) is 0 Å². The van der Waals surface area contributed by atoms with Gasteiger partial charge in [0.25, 0.3) is 12.0 Å². The Balaban J connectivity index is 1.93. The van der Waals surface area contributed by atoms with Gasteiger partial charge in [-0.2, -0.15) is 23.0 Å². The molecular weight excluding hydrogens is 445 g/mol. The molecule has 1 aromatic carbocycles. The van der Waals surface area contributed by atoms with Crippen molar-refractivity contribution in [1.29, 1.82) is 0 Å². The third kappa shape index (κ3) is 4.81. The predicted octanol–water partition coefficient (Wildman–Crippen LogP) is 5.06. The minimum Gasteiger partial charge on any atom is -0.361 e. The van der Waals surface area contributed by atoms with E-state index < -0.39 is 30.4 Å². The van der Waals surface area contributed by atoms with Gasteiger partial charge >= 0.3 is 6.18 Å². The summed E-state index contributed by atoms with van der Waals surface area (Å²) >= 11 is 0. The summed E-state index contributed by atoms with van der Waals surface area (Å²) in [6, 6.07) is 12.1. The molecule has 0 saturated heterocycles. The van der Waals surface area contributed by atoms with Crippen LogP contribution in [0, 0.1) is 6.92 Å². The number of halogens is 5. The predicted molar refractivity (Wildman–Crippen MR) is 113 cm³/mol. The fourth-order valence-electron chi connectivity index (χ4n) is 3.17. The Bertz CT molecular complexity index is 1350. The molecule has 0 radical (unpaired) electrons. The summed E-state index contributed by atoms with van der Waals surface area (Å²) in [5, 5.41) is 6.47. The van der Waals surface area contributed by atoms with Crippen molar-refractivity contribution in [3.8, 4) is 16.8 Å². The lowest BCUT2D eigenvalue weighted by molar-refractivity contribution is -0.115. The van der Waals surface area contributed by atoms with Crippen LogP contribution in [-0.2, 0) is 0 Å². The molecule has 0 amide bonds. The van der Waals surface area contributed by atoms with E-state index in [4.69, 9.17) is 0 Å². The number of alkyl halides is 5. The molecule has 6 nitrogen and oxygen atoms in total. The van der Waals surface area contributed by atoms with Crippen molar-refractivity contribution in [1.82, 2.24) is 19.7 Å². The van der Waals surface area contributed by atoms with Gasteiger partial charge in [0, 0.05) is 11.8 Å². The fraction of sp³-hybridized carbons (Fsp3) is 0.182. The van der Waals surface area contributed by atoms with E-state index in [0.717, 1.165) is 22.5 Å². The molecule has 4 aromatic rings. The average Bonchev–Trinajstić information content (AvgIpc) is 2.77. The van der Waals surface area contributed by atoms with Crippen molar-refractivity contribution in [2.45, 2.75) is 19.5 Å². The van der Waals surface area contributed by atoms with Crippen LogP contribution in [-0.4, -0.2) is 32.5 Å². The quantitative estimate of drug-likeness (QED) is 0.421. The van der Waals surface area contributed by atoms with E-state index in [1.54, 1.807) is 24.3 Å². The maximum Gasteiger partial charge on any atom is 0.405 e. The van der Waals surface area contributed by atoms with Gasteiger partial charge in [0.1, 0.15) is 29.1 Å². The van der Waals surface area contributed by atoms with E-state index in [1.807, 2.05) is 6.92 Å². The van der Waals surface area contributed by atoms with Gasteiger partial charge < -0.3 is 5.32 Å². The van der Waals surface area contributed by atoms with Crippen molar-refractivity contribution in [2.24, 2.45) is 0 Å². The number of anilines is 1. The molecule has 0 atom stereocenters. The zero-order chi connectivity index (χ0) is 23.8. The minimum atomic E-state index is -4.47. The number of fused-ring (bicyclic) bond motifs is 1. The van der Waals surface area contributed by atoms with Gasteiger partial charge in [0.15, 0.2) is 0 Å². The smallest absolute Gasteiger partial charge is 0.361 e. The van der Waals surface area contributed by atoms with E-state index in [0.29, 0.717) is 5.69 Å². The van der Waals surface area contributed by atoms with E-state index in [9.17, 15) is 26.7 Å². The van der Waals surface area contributed by atoms with Gasteiger partial charge in [-0.15, -0.1) is 0 Å². The van der Waals surface area contributed by atoms with Gasteiger partial charge in [-0.1, -0.05) is 23.8 Å². The van der Waals surface area contributed by atoms with Crippen LogP contribution in [0.4, 0.5) is 27.8 Å². The Labute approximate surface area is 183 Å². The van der Waals surface area contributed by atoms with Gasteiger partial charge in [-0.05, 0) is 37.3 Å². The van der Waals surface area contributed by atoms with Crippen LogP contribution < -0.4 is 10.9 Å². The minimum absolute atomic E-state index is 0.0159. The van der Waals surface area contributed by atoms with Gasteiger partial charge in [-0.3, -0.25) is 9.78 Å². The molecule has 3 heterocycles. The van der Waals surface area contributed by atoms with Gasteiger partial charge in [-0.25, -0.2) is 13.8 Å². The molecule has 0 aliphatic carbocycles. The number of nitrogens with zero attached hydrogens (tertiary/aromatic N) is 4. The van der Waals surface area contributed by atoms with Crippen LogP contribution in [0.5, 0.6) is 0 Å². The highest BCUT2D eigenvalue weighted by atomic mass is 19.4. The zero-order valence-corrected chi connectivity index (χ0v) is 17.1. The molecule has 0 spiro atoms. The highest BCUT2D eigenvalue weighted by molar-refractivity contribution is 5.91. The Morgan fingerprint density at radius 2 is 1.76 bits per heavy atom. The maximum atomic E-state index is 13.4. The second-order valence-electron chi connectivity index (χ2n) is 7.23. The second-order valence-corrected chi connectivity index (χ2v) is 7.23. The third-order valence-electron chi connectivity index (χ3n) is 4.77. The Kier molecular flexibility index (Phi) is 5.79. The summed E-state index contributed by atoms with van der Waals surface area (Å²) in [6.07, 6.45) is -6.16.